The highest BCUT2D eigenvalue weighted by Gasteiger charge is 2.40. The first kappa shape index (κ1) is 15.9. The minimum absolute atomic E-state index is 0.203. The Morgan fingerprint density at radius 2 is 2.05 bits per heavy atom. The molecule has 1 atom stereocenters. The zero-order chi connectivity index (χ0) is 15.7. The highest BCUT2D eigenvalue weighted by Crippen LogP contribution is 2.21. The van der Waals surface area contributed by atoms with Crippen molar-refractivity contribution in [2.24, 2.45) is 5.73 Å². The Hall–Kier alpha value is -1.48. The number of likely N-dealkylation sites (tertiary alicyclic amines) is 1. The summed E-state index contributed by atoms with van der Waals surface area (Å²) in [5.74, 6) is -0.986. The number of carboxylic acid groups (broad SMARTS) is 1. The van der Waals surface area contributed by atoms with Gasteiger partial charge in [-0.15, -0.1) is 0 Å². The maximum Gasteiger partial charge on any atom is 0.325 e. The molecule has 1 saturated heterocycles. The van der Waals surface area contributed by atoms with Gasteiger partial charge in [-0.3, -0.25) is 9.69 Å². The van der Waals surface area contributed by atoms with Gasteiger partial charge in [0.15, 0.2) is 0 Å². The molecule has 0 saturated carbocycles. The van der Waals surface area contributed by atoms with Crippen molar-refractivity contribution in [2.45, 2.75) is 23.4 Å². The monoisotopic (exact) mass is 313 g/mol. The number of nitrogens with zero attached hydrogens (tertiary/aromatic N) is 1. The number of aliphatic carboxylic acids is 1. The minimum atomic E-state index is -3.43. The average Bonchev–Trinajstić information content (AvgIpc) is 2.82. The standard InChI is InChI=1S/C13H19N3O4S/c1-15-21(19,20)11-4-2-10(3-5-11)8-16-7-6-13(14,9-16)12(17)18/h2-5,15H,6-9,14H2,1H3,(H,17,18)/t13-/m0/s1. The predicted octanol–water partition coefficient (Wildman–Crippen LogP) is -0.417. The van der Waals surface area contributed by atoms with Crippen LogP contribution in [0.4, 0.5) is 0 Å². The maximum absolute atomic E-state index is 11.6. The van der Waals surface area contributed by atoms with Gasteiger partial charge >= 0.3 is 5.97 Å². The molecule has 0 bridgehead atoms. The third-order valence-electron chi connectivity index (χ3n) is 3.71. The number of rotatable bonds is 5. The minimum Gasteiger partial charge on any atom is -0.480 e. The van der Waals surface area contributed by atoms with Crippen molar-refractivity contribution in [3.8, 4) is 0 Å². The van der Waals surface area contributed by atoms with E-state index in [0.29, 0.717) is 26.1 Å². The second-order valence-electron chi connectivity index (χ2n) is 5.27. The fraction of sp³-hybridized carbons (Fsp3) is 0.462. The Bertz CT molecular complexity index is 629. The van der Waals surface area contributed by atoms with E-state index in [1.54, 1.807) is 12.1 Å². The summed E-state index contributed by atoms with van der Waals surface area (Å²) < 4.78 is 25.5. The molecule has 0 spiro atoms. The molecule has 1 aliphatic heterocycles. The molecule has 1 aromatic rings. The average molecular weight is 313 g/mol. The smallest absolute Gasteiger partial charge is 0.325 e. The van der Waals surface area contributed by atoms with Crippen molar-refractivity contribution in [1.82, 2.24) is 9.62 Å². The van der Waals surface area contributed by atoms with E-state index in [0.717, 1.165) is 5.56 Å². The van der Waals surface area contributed by atoms with E-state index >= 15 is 0 Å². The molecule has 116 valence electrons. The summed E-state index contributed by atoms with van der Waals surface area (Å²) in [6, 6.07) is 6.51. The van der Waals surface area contributed by atoms with Gasteiger partial charge in [-0.2, -0.15) is 0 Å². The maximum atomic E-state index is 11.6. The quantitative estimate of drug-likeness (QED) is 0.681. The number of carboxylic acids is 1. The number of nitrogens with two attached hydrogens (primary N) is 1. The normalized spacial score (nSPS) is 23.3. The van der Waals surface area contributed by atoms with Gasteiger partial charge < -0.3 is 10.8 Å². The van der Waals surface area contributed by atoms with Gasteiger partial charge in [0.05, 0.1) is 4.90 Å². The lowest BCUT2D eigenvalue weighted by Crippen LogP contribution is -2.50. The van der Waals surface area contributed by atoms with Crippen molar-refractivity contribution < 1.29 is 18.3 Å². The Morgan fingerprint density at radius 3 is 2.52 bits per heavy atom. The van der Waals surface area contributed by atoms with Crippen LogP contribution in [0.25, 0.3) is 0 Å². The van der Waals surface area contributed by atoms with Crippen molar-refractivity contribution in [1.29, 1.82) is 0 Å². The number of hydrogen-bond donors (Lipinski definition) is 3. The van der Waals surface area contributed by atoms with Crippen LogP contribution in [0.1, 0.15) is 12.0 Å². The second kappa shape index (κ2) is 5.72. The summed E-state index contributed by atoms with van der Waals surface area (Å²) in [5, 5.41) is 9.08. The Balaban J connectivity index is 2.04. The van der Waals surface area contributed by atoms with Gasteiger partial charge in [-0.05, 0) is 31.2 Å². The first-order valence-corrected chi connectivity index (χ1v) is 8.02. The van der Waals surface area contributed by atoms with E-state index in [4.69, 9.17) is 10.8 Å². The first-order chi connectivity index (χ1) is 9.77. The van der Waals surface area contributed by atoms with Crippen LogP contribution >= 0.6 is 0 Å². The van der Waals surface area contributed by atoms with Crippen LogP contribution in [-0.2, 0) is 21.4 Å². The molecule has 0 radical (unpaired) electrons. The van der Waals surface area contributed by atoms with Gasteiger partial charge in [-0.25, -0.2) is 13.1 Å². The number of nitrogens with one attached hydrogen (secondary N) is 1. The topological polar surface area (TPSA) is 113 Å². The fourth-order valence-corrected chi connectivity index (χ4v) is 3.10. The highest BCUT2D eigenvalue weighted by molar-refractivity contribution is 7.89. The molecule has 0 unspecified atom stereocenters. The molecule has 0 amide bonds. The van der Waals surface area contributed by atoms with Crippen LogP contribution in [0.3, 0.4) is 0 Å². The van der Waals surface area contributed by atoms with Gasteiger partial charge in [0.2, 0.25) is 10.0 Å². The zero-order valence-corrected chi connectivity index (χ0v) is 12.6. The summed E-state index contributed by atoms with van der Waals surface area (Å²) in [7, 11) is -2.07. The molecule has 2 rings (SSSR count). The lowest BCUT2D eigenvalue weighted by Gasteiger charge is -2.20. The SMILES string of the molecule is CNS(=O)(=O)c1ccc(CN2CC[C@@](N)(C(=O)O)C2)cc1. The number of benzene rings is 1. The third-order valence-corrected chi connectivity index (χ3v) is 5.14. The number of sulfonamides is 1. The predicted molar refractivity (Wildman–Crippen MR) is 77.1 cm³/mol. The first-order valence-electron chi connectivity index (χ1n) is 6.54. The van der Waals surface area contributed by atoms with E-state index in [9.17, 15) is 13.2 Å². The van der Waals surface area contributed by atoms with Crippen molar-refractivity contribution >= 4 is 16.0 Å². The third kappa shape index (κ3) is 3.41. The van der Waals surface area contributed by atoms with Crippen LogP contribution in [0.15, 0.2) is 29.2 Å². The molecule has 1 aromatic carbocycles. The summed E-state index contributed by atoms with van der Waals surface area (Å²) in [6.07, 6.45) is 0.411. The van der Waals surface area contributed by atoms with Gasteiger partial charge in [0.25, 0.3) is 0 Å². The number of hydrogen-bond acceptors (Lipinski definition) is 5. The van der Waals surface area contributed by atoms with Crippen LogP contribution < -0.4 is 10.5 Å². The molecule has 1 heterocycles. The van der Waals surface area contributed by atoms with Crippen LogP contribution in [0, 0.1) is 0 Å². The fourth-order valence-electron chi connectivity index (χ4n) is 2.37. The van der Waals surface area contributed by atoms with Gasteiger partial charge in [0.1, 0.15) is 5.54 Å². The van der Waals surface area contributed by atoms with E-state index in [2.05, 4.69) is 4.72 Å². The summed E-state index contributed by atoms with van der Waals surface area (Å²) in [6.45, 7) is 1.45. The van der Waals surface area contributed by atoms with E-state index in [-0.39, 0.29) is 4.90 Å². The molecule has 1 aliphatic rings. The van der Waals surface area contributed by atoms with Crippen LogP contribution in [0.2, 0.25) is 0 Å². The van der Waals surface area contributed by atoms with Gasteiger partial charge in [-0.1, -0.05) is 12.1 Å². The Kier molecular flexibility index (Phi) is 4.33. The van der Waals surface area contributed by atoms with Crippen molar-refractivity contribution in [3.05, 3.63) is 29.8 Å². The Labute approximate surface area is 123 Å². The summed E-state index contributed by atoms with van der Waals surface area (Å²) >= 11 is 0. The van der Waals surface area contributed by atoms with E-state index in [1.807, 2.05) is 4.90 Å². The zero-order valence-electron chi connectivity index (χ0n) is 11.7. The molecule has 8 heteroatoms. The molecular weight excluding hydrogens is 294 g/mol. The lowest BCUT2D eigenvalue weighted by atomic mass is 10.0. The summed E-state index contributed by atoms with van der Waals surface area (Å²) in [4.78, 5) is 13.2. The molecule has 1 fully saturated rings. The highest BCUT2D eigenvalue weighted by atomic mass is 32.2. The summed E-state index contributed by atoms with van der Waals surface area (Å²) in [5.41, 5.74) is 5.55. The molecule has 7 nitrogen and oxygen atoms in total. The largest absolute Gasteiger partial charge is 0.480 e. The van der Waals surface area contributed by atoms with E-state index < -0.39 is 21.5 Å². The van der Waals surface area contributed by atoms with Gasteiger partial charge in [0, 0.05) is 19.6 Å². The van der Waals surface area contributed by atoms with E-state index in [1.165, 1.54) is 19.2 Å². The molecule has 4 N–H and O–H groups in total. The molecule has 21 heavy (non-hydrogen) atoms. The Morgan fingerprint density at radius 1 is 1.43 bits per heavy atom. The second-order valence-corrected chi connectivity index (χ2v) is 7.16. The molecule has 0 aliphatic carbocycles. The van der Waals surface area contributed by atoms with Crippen LogP contribution in [0.5, 0.6) is 0 Å². The van der Waals surface area contributed by atoms with Crippen molar-refractivity contribution in [3.63, 3.8) is 0 Å². The number of carbonyl (C=O) groups is 1. The van der Waals surface area contributed by atoms with Crippen LogP contribution in [-0.4, -0.2) is 50.1 Å². The lowest BCUT2D eigenvalue weighted by molar-refractivity contribution is -0.142. The van der Waals surface area contributed by atoms with Crippen molar-refractivity contribution in [2.75, 3.05) is 20.1 Å². The molecular formula is C13H19N3O4S. The molecule has 0 aromatic heterocycles.